The Balaban J connectivity index is 5.46. The van der Waals surface area contributed by atoms with E-state index in [1.165, 1.54) is 20.8 Å². The van der Waals surface area contributed by atoms with Crippen LogP contribution in [0, 0.1) is 17.8 Å². The van der Waals surface area contributed by atoms with Gasteiger partial charge in [-0.3, -0.25) is 24.0 Å². The van der Waals surface area contributed by atoms with Crippen LogP contribution >= 0.6 is 0 Å². The third-order valence-electron chi connectivity index (χ3n) is 5.92. The summed E-state index contributed by atoms with van der Waals surface area (Å²) in [6, 6.07) is -5.92. The third-order valence-corrected chi connectivity index (χ3v) is 5.92. The van der Waals surface area contributed by atoms with E-state index in [1.54, 1.807) is 0 Å². The number of rotatable bonds is 17. The minimum Gasteiger partial charge on any atom is -0.480 e. The van der Waals surface area contributed by atoms with Crippen molar-refractivity contribution in [1.29, 1.82) is 0 Å². The lowest BCUT2D eigenvalue weighted by Crippen LogP contribution is -2.58. The maximum absolute atomic E-state index is 13.0. The van der Waals surface area contributed by atoms with Gasteiger partial charge in [-0.1, -0.05) is 41.5 Å². The lowest BCUT2D eigenvalue weighted by Gasteiger charge is -2.26. The Hall–Kier alpha value is -3.22. The Morgan fingerprint density at radius 2 is 0.800 bits per heavy atom. The number of hydrogen-bond donors (Lipinski definition) is 7. The summed E-state index contributed by atoms with van der Waals surface area (Å²) in [6.45, 7) is 15.5. The van der Waals surface area contributed by atoms with Gasteiger partial charge in [-0.15, -0.1) is 0 Å². The number of nitrogens with two attached hydrogens (primary N) is 1. The van der Waals surface area contributed by atoms with Crippen LogP contribution in [0.3, 0.4) is 0 Å². The fraction of sp³-hybridized carbons (Fsp3) is 0.778. The van der Waals surface area contributed by atoms with Crippen molar-refractivity contribution in [3.63, 3.8) is 0 Å². The summed E-state index contributed by atoms with van der Waals surface area (Å²) in [5.74, 6) is -4.10. The van der Waals surface area contributed by atoms with Gasteiger partial charge in [0.2, 0.25) is 29.5 Å². The summed E-state index contributed by atoms with van der Waals surface area (Å²) in [4.78, 5) is 75.0. The summed E-state index contributed by atoms with van der Waals surface area (Å²) in [7, 11) is 0. The molecule has 13 heteroatoms. The Bertz CT molecular complexity index is 891. The summed E-state index contributed by atoms with van der Waals surface area (Å²) in [5.41, 5.74) is 5.52. The Morgan fingerprint density at radius 1 is 0.500 bits per heavy atom. The summed E-state index contributed by atoms with van der Waals surface area (Å²) in [6.07, 6.45) is 0.750. The fourth-order valence-corrected chi connectivity index (χ4v) is 3.75. The van der Waals surface area contributed by atoms with Gasteiger partial charge >= 0.3 is 5.97 Å². The molecular formula is C27H50N6O7. The first-order valence-electron chi connectivity index (χ1n) is 13.9. The van der Waals surface area contributed by atoms with Crippen molar-refractivity contribution in [3.05, 3.63) is 0 Å². The molecule has 0 saturated heterocycles. The average molecular weight is 571 g/mol. The fourth-order valence-electron chi connectivity index (χ4n) is 3.75. The monoisotopic (exact) mass is 570 g/mol. The molecular weight excluding hydrogens is 520 g/mol. The van der Waals surface area contributed by atoms with Crippen molar-refractivity contribution in [2.75, 3.05) is 0 Å². The number of carboxylic acids is 1. The molecule has 5 amide bonds. The van der Waals surface area contributed by atoms with Crippen LogP contribution < -0.4 is 32.3 Å². The van der Waals surface area contributed by atoms with Crippen molar-refractivity contribution in [2.24, 2.45) is 23.5 Å². The van der Waals surface area contributed by atoms with E-state index < -0.39 is 71.8 Å². The van der Waals surface area contributed by atoms with Crippen molar-refractivity contribution in [3.8, 4) is 0 Å². The largest absolute Gasteiger partial charge is 0.480 e. The molecule has 0 aromatic carbocycles. The number of amides is 5. The van der Waals surface area contributed by atoms with Gasteiger partial charge < -0.3 is 37.4 Å². The standard InChI is InChI=1S/C27H50N6O7/c1-13(2)10-19(31-23(35)17(8)29-22(34)16(7)28)25(37)30-18(9)24(36)32-20(11-14(3)4)26(38)33-21(27(39)40)12-15(5)6/h13-21H,10-12,28H2,1-9H3,(H,29,34)(H,30,37)(H,31,35)(H,32,36)(H,33,38)(H,39,40)/t16-,17-,18-,19-,20-,21-/m0/s1. The molecule has 13 nitrogen and oxygen atoms in total. The highest BCUT2D eigenvalue weighted by atomic mass is 16.4. The van der Waals surface area contributed by atoms with Gasteiger partial charge in [0.15, 0.2) is 0 Å². The van der Waals surface area contributed by atoms with Crippen LogP contribution in [0.5, 0.6) is 0 Å². The summed E-state index contributed by atoms with van der Waals surface area (Å²) < 4.78 is 0. The minimum atomic E-state index is -1.16. The van der Waals surface area contributed by atoms with E-state index in [2.05, 4.69) is 26.6 Å². The normalized spacial score (nSPS) is 15.8. The van der Waals surface area contributed by atoms with Crippen LogP contribution in [0.1, 0.15) is 81.6 Å². The van der Waals surface area contributed by atoms with Gasteiger partial charge in [0.05, 0.1) is 6.04 Å². The molecule has 0 unspecified atom stereocenters. The second-order valence-electron chi connectivity index (χ2n) is 11.7. The molecule has 6 atom stereocenters. The lowest BCUT2D eigenvalue weighted by atomic mass is 10.00. The summed E-state index contributed by atoms with van der Waals surface area (Å²) in [5, 5.41) is 22.2. The predicted molar refractivity (Wildman–Crippen MR) is 151 cm³/mol. The number of aliphatic carboxylic acids is 1. The first kappa shape index (κ1) is 36.8. The zero-order chi connectivity index (χ0) is 31.3. The van der Waals surface area contributed by atoms with Gasteiger partial charge in [0.1, 0.15) is 30.2 Å². The SMILES string of the molecule is CC(C)C[C@H](NC(=O)[C@H](CC(C)C)NC(=O)[C@H](C)NC(=O)[C@H](CC(C)C)NC(=O)[C@H](C)NC(=O)[C@H](C)N)C(=O)O. The number of carbonyl (C=O) groups is 6. The van der Waals surface area contributed by atoms with Crippen molar-refractivity contribution < 1.29 is 33.9 Å². The number of hydrogen-bond acceptors (Lipinski definition) is 7. The van der Waals surface area contributed by atoms with Crippen molar-refractivity contribution in [2.45, 2.75) is 118 Å². The highest BCUT2D eigenvalue weighted by molar-refractivity contribution is 5.96. The Kier molecular flexibility index (Phi) is 16.1. The molecule has 8 N–H and O–H groups in total. The van der Waals surface area contributed by atoms with Crippen LogP contribution in [0.25, 0.3) is 0 Å². The molecule has 0 bridgehead atoms. The first-order chi connectivity index (χ1) is 18.3. The van der Waals surface area contributed by atoms with E-state index in [9.17, 15) is 33.9 Å². The summed E-state index contributed by atoms with van der Waals surface area (Å²) >= 11 is 0. The van der Waals surface area contributed by atoms with Crippen LogP contribution in [0.2, 0.25) is 0 Å². The molecule has 0 heterocycles. The molecule has 40 heavy (non-hydrogen) atoms. The highest BCUT2D eigenvalue weighted by Gasteiger charge is 2.31. The van der Waals surface area contributed by atoms with Crippen LogP contribution in [-0.4, -0.2) is 76.9 Å². The first-order valence-corrected chi connectivity index (χ1v) is 13.9. The van der Waals surface area contributed by atoms with E-state index in [1.807, 2.05) is 41.5 Å². The smallest absolute Gasteiger partial charge is 0.326 e. The zero-order valence-electron chi connectivity index (χ0n) is 25.3. The van der Waals surface area contributed by atoms with Crippen molar-refractivity contribution >= 4 is 35.5 Å². The average Bonchev–Trinajstić information content (AvgIpc) is 2.81. The minimum absolute atomic E-state index is 0.00435. The van der Waals surface area contributed by atoms with Gasteiger partial charge in [-0.25, -0.2) is 4.79 Å². The maximum Gasteiger partial charge on any atom is 0.326 e. The van der Waals surface area contributed by atoms with Gasteiger partial charge in [0.25, 0.3) is 0 Å². The molecule has 0 spiro atoms. The molecule has 0 rings (SSSR count). The molecule has 0 aliphatic carbocycles. The van der Waals surface area contributed by atoms with Gasteiger partial charge in [-0.05, 0) is 57.8 Å². The van der Waals surface area contributed by atoms with Gasteiger partial charge in [-0.2, -0.15) is 0 Å². The highest BCUT2D eigenvalue weighted by Crippen LogP contribution is 2.10. The van der Waals surface area contributed by atoms with Crippen LogP contribution in [0.15, 0.2) is 0 Å². The Morgan fingerprint density at radius 3 is 1.12 bits per heavy atom. The second-order valence-corrected chi connectivity index (χ2v) is 11.7. The molecule has 0 aliphatic rings. The molecule has 0 saturated carbocycles. The topological polar surface area (TPSA) is 209 Å². The number of nitrogens with one attached hydrogen (secondary N) is 5. The maximum atomic E-state index is 13.0. The second kappa shape index (κ2) is 17.5. The lowest BCUT2D eigenvalue weighted by molar-refractivity contribution is -0.143. The molecule has 0 radical (unpaired) electrons. The van der Waals surface area contributed by atoms with E-state index in [0.717, 1.165) is 0 Å². The molecule has 0 aromatic rings. The van der Waals surface area contributed by atoms with E-state index in [4.69, 9.17) is 5.73 Å². The molecule has 230 valence electrons. The number of carbonyl (C=O) groups excluding carboxylic acids is 5. The molecule has 0 aliphatic heterocycles. The molecule has 0 aromatic heterocycles. The van der Waals surface area contributed by atoms with E-state index >= 15 is 0 Å². The molecule has 0 fully saturated rings. The zero-order valence-corrected chi connectivity index (χ0v) is 25.3. The van der Waals surface area contributed by atoms with E-state index in [-0.39, 0.29) is 37.0 Å². The predicted octanol–water partition coefficient (Wildman–Crippen LogP) is 0.0203. The quantitative estimate of drug-likeness (QED) is 0.126. The Labute approximate surface area is 237 Å². The van der Waals surface area contributed by atoms with Crippen LogP contribution in [0.4, 0.5) is 0 Å². The van der Waals surface area contributed by atoms with Gasteiger partial charge in [0, 0.05) is 0 Å². The number of carboxylic acid groups (broad SMARTS) is 1. The van der Waals surface area contributed by atoms with E-state index in [0.29, 0.717) is 0 Å². The third kappa shape index (κ3) is 14.2. The van der Waals surface area contributed by atoms with Crippen molar-refractivity contribution in [1.82, 2.24) is 26.6 Å². The van der Waals surface area contributed by atoms with Crippen LogP contribution in [-0.2, 0) is 28.8 Å².